The van der Waals surface area contributed by atoms with E-state index >= 15 is 0 Å². The molecule has 7 nitrogen and oxygen atoms in total. The van der Waals surface area contributed by atoms with Gasteiger partial charge in [-0.15, -0.1) is 0 Å². The second-order valence-electron chi connectivity index (χ2n) is 6.41. The molecule has 2 rings (SSSR count). The Labute approximate surface area is 149 Å². The van der Waals surface area contributed by atoms with Crippen molar-refractivity contribution in [3.63, 3.8) is 0 Å². The molecule has 0 unspecified atom stereocenters. The van der Waals surface area contributed by atoms with Crippen LogP contribution in [0.1, 0.15) is 18.4 Å². The van der Waals surface area contributed by atoms with Gasteiger partial charge in [-0.1, -0.05) is 6.07 Å². The molecule has 140 valence electrons. The van der Waals surface area contributed by atoms with Gasteiger partial charge in [0, 0.05) is 19.6 Å². The Morgan fingerprint density at radius 2 is 2.16 bits per heavy atom. The van der Waals surface area contributed by atoms with E-state index in [0.717, 1.165) is 24.9 Å². The first-order valence-corrected chi connectivity index (χ1v) is 8.61. The first-order valence-electron chi connectivity index (χ1n) is 8.61. The molecule has 0 aromatic heterocycles. The van der Waals surface area contributed by atoms with Crippen LogP contribution in [0.5, 0.6) is 11.5 Å². The number of ether oxygens (including phenoxy) is 3. The average Bonchev–Trinajstić information content (AvgIpc) is 3.09. The fourth-order valence-electron chi connectivity index (χ4n) is 2.65. The third-order valence-corrected chi connectivity index (χ3v) is 4.15. The third kappa shape index (κ3) is 5.88. The number of amides is 1. The van der Waals surface area contributed by atoms with Crippen LogP contribution in [-0.2, 0) is 16.1 Å². The number of carbonyl (C=O) groups excluding carboxylic acids is 1. The molecular weight excluding hydrogens is 322 g/mol. The Balaban J connectivity index is 1.86. The normalized spacial score (nSPS) is 19.9. The molecule has 0 spiro atoms. The number of benzene rings is 1. The predicted octanol–water partition coefficient (Wildman–Crippen LogP) is 0.758. The van der Waals surface area contributed by atoms with E-state index < -0.39 is 6.10 Å². The van der Waals surface area contributed by atoms with Crippen LogP contribution in [0.2, 0.25) is 0 Å². The lowest BCUT2D eigenvalue weighted by atomic mass is 10.1. The topological polar surface area (TPSA) is 86.0 Å². The summed E-state index contributed by atoms with van der Waals surface area (Å²) in [5.41, 5.74) is 6.52. The quantitative estimate of drug-likeness (QED) is 0.683. The lowest BCUT2D eigenvalue weighted by Crippen LogP contribution is -2.35. The van der Waals surface area contributed by atoms with E-state index in [2.05, 4.69) is 10.2 Å². The smallest absolute Gasteiger partial charge is 0.249 e. The molecule has 1 saturated heterocycles. The standard InChI is InChI=1S/C18H29N3O4/c1-21(2)8-9-24-15-6-4-13(10-17(15)23-3)12-20-18(22)16-7-5-14(11-19)25-16/h4,6,10,14,16H,5,7-9,11-12,19H2,1-3H3,(H,20,22)/t14-,16+/m1/s1. The maximum atomic E-state index is 12.2. The Hall–Kier alpha value is -1.83. The van der Waals surface area contributed by atoms with E-state index in [9.17, 15) is 4.79 Å². The molecule has 1 aliphatic rings. The average molecular weight is 351 g/mol. The van der Waals surface area contributed by atoms with Gasteiger partial charge in [-0.2, -0.15) is 0 Å². The number of carbonyl (C=O) groups is 1. The largest absolute Gasteiger partial charge is 0.493 e. The lowest BCUT2D eigenvalue weighted by Gasteiger charge is -2.15. The van der Waals surface area contributed by atoms with Gasteiger partial charge < -0.3 is 30.2 Å². The van der Waals surface area contributed by atoms with E-state index in [1.807, 2.05) is 32.3 Å². The maximum absolute atomic E-state index is 12.2. The third-order valence-electron chi connectivity index (χ3n) is 4.15. The van der Waals surface area contributed by atoms with Gasteiger partial charge in [0.05, 0.1) is 13.2 Å². The molecule has 7 heteroatoms. The van der Waals surface area contributed by atoms with Crippen molar-refractivity contribution in [2.45, 2.75) is 31.6 Å². The molecule has 0 saturated carbocycles. The van der Waals surface area contributed by atoms with E-state index in [-0.39, 0.29) is 12.0 Å². The number of nitrogens with two attached hydrogens (primary N) is 1. The second kappa shape index (κ2) is 9.60. The van der Waals surface area contributed by atoms with Crippen LogP contribution in [0.4, 0.5) is 0 Å². The van der Waals surface area contributed by atoms with Gasteiger partial charge in [0.2, 0.25) is 5.91 Å². The summed E-state index contributed by atoms with van der Waals surface area (Å²) in [5.74, 6) is 1.26. The van der Waals surface area contributed by atoms with Gasteiger partial charge in [0.1, 0.15) is 12.7 Å². The minimum atomic E-state index is -0.399. The summed E-state index contributed by atoms with van der Waals surface area (Å²) in [7, 11) is 5.60. The number of hydrogen-bond acceptors (Lipinski definition) is 6. The maximum Gasteiger partial charge on any atom is 0.249 e. The first-order chi connectivity index (χ1) is 12.0. The van der Waals surface area contributed by atoms with Crippen molar-refractivity contribution < 1.29 is 19.0 Å². The van der Waals surface area contributed by atoms with Crippen molar-refractivity contribution in [1.82, 2.24) is 10.2 Å². The van der Waals surface area contributed by atoms with Gasteiger partial charge in [-0.3, -0.25) is 4.79 Å². The number of nitrogens with one attached hydrogen (secondary N) is 1. The Morgan fingerprint density at radius 3 is 2.80 bits per heavy atom. The lowest BCUT2D eigenvalue weighted by molar-refractivity contribution is -0.132. The molecule has 1 aromatic carbocycles. The van der Waals surface area contributed by atoms with E-state index in [1.54, 1.807) is 7.11 Å². The van der Waals surface area contributed by atoms with Crippen LogP contribution >= 0.6 is 0 Å². The molecular formula is C18H29N3O4. The zero-order valence-corrected chi connectivity index (χ0v) is 15.3. The van der Waals surface area contributed by atoms with Crippen LogP contribution in [0.3, 0.4) is 0 Å². The van der Waals surface area contributed by atoms with Crippen molar-refractivity contribution in [2.75, 3.05) is 40.9 Å². The minimum Gasteiger partial charge on any atom is -0.493 e. The first kappa shape index (κ1) is 19.5. The SMILES string of the molecule is COc1cc(CNC(=O)[C@@H]2CC[C@H](CN)O2)ccc1OCCN(C)C. The summed E-state index contributed by atoms with van der Waals surface area (Å²) >= 11 is 0. The number of rotatable bonds is 9. The minimum absolute atomic E-state index is 0.00515. The number of hydrogen-bond donors (Lipinski definition) is 2. The van der Waals surface area contributed by atoms with Crippen molar-refractivity contribution in [2.24, 2.45) is 5.73 Å². The zero-order valence-electron chi connectivity index (χ0n) is 15.3. The van der Waals surface area contributed by atoms with Gasteiger partial charge in [-0.05, 0) is 44.6 Å². The van der Waals surface area contributed by atoms with Crippen LogP contribution < -0.4 is 20.5 Å². The van der Waals surface area contributed by atoms with Crippen molar-refractivity contribution in [1.29, 1.82) is 0 Å². The molecule has 3 N–H and O–H groups in total. The fourth-order valence-corrected chi connectivity index (χ4v) is 2.65. The van der Waals surface area contributed by atoms with Gasteiger partial charge in [0.15, 0.2) is 11.5 Å². The van der Waals surface area contributed by atoms with Crippen LogP contribution in [-0.4, -0.2) is 63.9 Å². The summed E-state index contributed by atoms with van der Waals surface area (Å²) in [4.78, 5) is 14.2. The molecule has 1 aliphatic heterocycles. The van der Waals surface area contributed by atoms with Gasteiger partial charge in [-0.25, -0.2) is 0 Å². The molecule has 1 aromatic rings. The van der Waals surface area contributed by atoms with Gasteiger partial charge >= 0.3 is 0 Å². The second-order valence-corrected chi connectivity index (χ2v) is 6.41. The number of nitrogens with zero attached hydrogens (tertiary/aromatic N) is 1. The van der Waals surface area contributed by atoms with Gasteiger partial charge in [0.25, 0.3) is 0 Å². The highest BCUT2D eigenvalue weighted by molar-refractivity contribution is 5.81. The highest BCUT2D eigenvalue weighted by Gasteiger charge is 2.29. The van der Waals surface area contributed by atoms with E-state index in [0.29, 0.717) is 31.2 Å². The summed E-state index contributed by atoms with van der Waals surface area (Å²) < 4.78 is 16.7. The fraction of sp³-hybridized carbons (Fsp3) is 0.611. The molecule has 0 radical (unpaired) electrons. The van der Waals surface area contributed by atoms with Crippen molar-refractivity contribution in [3.8, 4) is 11.5 Å². The monoisotopic (exact) mass is 351 g/mol. The predicted molar refractivity (Wildman–Crippen MR) is 95.8 cm³/mol. The molecule has 0 bridgehead atoms. The Morgan fingerprint density at radius 1 is 1.36 bits per heavy atom. The molecule has 25 heavy (non-hydrogen) atoms. The van der Waals surface area contributed by atoms with Crippen molar-refractivity contribution >= 4 is 5.91 Å². The highest BCUT2D eigenvalue weighted by Crippen LogP contribution is 2.28. The van der Waals surface area contributed by atoms with Crippen LogP contribution in [0.25, 0.3) is 0 Å². The van der Waals surface area contributed by atoms with Crippen molar-refractivity contribution in [3.05, 3.63) is 23.8 Å². The van der Waals surface area contributed by atoms with E-state index in [1.165, 1.54) is 0 Å². The van der Waals surface area contributed by atoms with E-state index in [4.69, 9.17) is 19.9 Å². The molecule has 1 heterocycles. The molecule has 0 aliphatic carbocycles. The summed E-state index contributed by atoms with van der Waals surface area (Å²) in [6, 6.07) is 5.67. The molecule has 1 amide bonds. The zero-order chi connectivity index (χ0) is 18.2. The molecule has 1 fully saturated rings. The highest BCUT2D eigenvalue weighted by atomic mass is 16.5. The summed E-state index contributed by atoms with van der Waals surface area (Å²) in [6.07, 6.45) is 1.15. The Bertz CT molecular complexity index is 565. The number of likely N-dealkylation sites (N-methyl/N-ethyl adjacent to an activating group) is 1. The van der Waals surface area contributed by atoms with Crippen LogP contribution in [0, 0.1) is 0 Å². The summed E-state index contributed by atoms with van der Waals surface area (Å²) in [6.45, 7) is 2.28. The van der Waals surface area contributed by atoms with Crippen LogP contribution in [0.15, 0.2) is 18.2 Å². The Kier molecular flexibility index (Phi) is 7.49. The summed E-state index contributed by atoms with van der Waals surface area (Å²) in [5, 5.41) is 2.91. The molecule has 2 atom stereocenters. The number of methoxy groups -OCH3 is 1.